The minimum absolute atomic E-state index is 0.138. The Kier molecular flexibility index (Phi) is 7.74. The molecule has 1 heterocycles. The van der Waals surface area contributed by atoms with Gasteiger partial charge in [0.05, 0.1) is 23.7 Å². The van der Waals surface area contributed by atoms with Crippen LogP contribution in [-0.2, 0) is 20.2 Å². The molecule has 7 nitrogen and oxygen atoms in total. The Morgan fingerprint density at radius 2 is 1.68 bits per heavy atom. The lowest BCUT2D eigenvalue weighted by Crippen LogP contribution is -2.51. The molecule has 8 heteroatoms. The van der Waals surface area contributed by atoms with Crippen LogP contribution in [0, 0.1) is 20.8 Å². The molecule has 0 saturated heterocycles. The van der Waals surface area contributed by atoms with Crippen molar-refractivity contribution in [3.05, 3.63) is 82.9 Å². The monoisotopic (exact) mass is 536 g/mol. The number of nitrogens with zero attached hydrogens (tertiary/aromatic N) is 1. The molecule has 38 heavy (non-hydrogen) atoms. The number of fused-ring (bicyclic) bond motifs is 1. The van der Waals surface area contributed by atoms with Crippen LogP contribution >= 0.6 is 0 Å². The van der Waals surface area contributed by atoms with Crippen molar-refractivity contribution in [3.63, 3.8) is 0 Å². The number of benzene rings is 3. The van der Waals surface area contributed by atoms with E-state index in [1.54, 1.807) is 30.3 Å². The molecule has 0 bridgehead atoms. The molecule has 0 spiro atoms. The number of carbonyl (C=O) groups excluding carboxylic acids is 1. The Morgan fingerprint density at radius 1 is 1.00 bits per heavy atom. The molecule has 1 unspecified atom stereocenters. The predicted molar refractivity (Wildman–Crippen MR) is 150 cm³/mol. The maximum atomic E-state index is 13.8. The highest BCUT2D eigenvalue weighted by Gasteiger charge is 2.38. The number of aryl methyl sites for hydroxylation is 3. The van der Waals surface area contributed by atoms with E-state index < -0.39 is 22.0 Å². The Labute approximate surface area is 225 Å². The fraction of sp³-hybridized carbons (Fsp3) is 0.367. The summed E-state index contributed by atoms with van der Waals surface area (Å²) in [4.78, 5) is 13.3. The second kappa shape index (κ2) is 10.7. The fourth-order valence-electron chi connectivity index (χ4n) is 4.33. The summed E-state index contributed by atoms with van der Waals surface area (Å²) in [6, 6.07) is 18.1. The molecule has 3 aromatic rings. The number of hydrogen-bond donors (Lipinski definition) is 1. The van der Waals surface area contributed by atoms with Crippen LogP contribution in [0.4, 0.5) is 5.69 Å². The van der Waals surface area contributed by atoms with Crippen molar-refractivity contribution in [2.75, 3.05) is 24.0 Å². The summed E-state index contributed by atoms with van der Waals surface area (Å²) >= 11 is 0. The summed E-state index contributed by atoms with van der Waals surface area (Å²) < 4.78 is 40.7. The molecule has 202 valence electrons. The second-order valence-corrected chi connectivity index (χ2v) is 12.7. The first-order valence-electron chi connectivity index (χ1n) is 12.7. The molecule has 1 aliphatic heterocycles. The number of hydrogen-bond acceptors (Lipinski definition) is 5. The zero-order valence-corrected chi connectivity index (χ0v) is 23.7. The third-order valence-corrected chi connectivity index (χ3v) is 8.38. The maximum Gasteiger partial charge on any atom is 0.264 e. The molecule has 0 aromatic heterocycles. The van der Waals surface area contributed by atoms with E-state index in [1.165, 1.54) is 4.31 Å². The lowest BCUT2D eigenvalue weighted by atomic mass is 9.86. The van der Waals surface area contributed by atoms with Crippen LogP contribution in [0.15, 0.2) is 65.6 Å². The molecule has 1 aliphatic rings. The van der Waals surface area contributed by atoms with Crippen molar-refractivity contribution in [1.29, 1.82) is 0 Å². The van der Waals surface area contributed by atoms with E-state index >= 15 is 0 Å². The smallest absolute Gasteiger partial charge is 0.264 e. The number of sulfonamides is 1. The largest absolute Gasteiger partial charge is 0.491 e. The van der Waals surface area contributed by atoms with Crippen molar-refractivity contribution >= 4 is 21.6 Å². The van der Waals surface area contributed by atoms with Gasteiger partial charge in [0.1, 0.15) is 18.1 Å². The van der Waals surface area contributed by atoms with Crippen LogP contribution in [0.2, 0.25) is 0 Å². The van der Waals surface area contributed by atoms with E-state index in [0.29, 0.717) is 11.4 Å². The topological polar surface area (TPSA) is 84.9 Å². The normalized spacial score (nSPS) is 15.4. The van der Waals surface area contributed by atoms with Gasteiger partial charge in [0.2, 0.25) is 0 Å². The number of carbonyl (C=O) groups is 1. The van der Waals surface area contributed by atoms with E-state index in [1.807, 2.05) is 51.1 Å². The van der Waals surface area contributed by atoms with Crippen LogP contribution in [0.25, 0.3) is 0 Å². The molecule has 1 N–H and O–H groups in total. The van der Waals surface area contributed by atoms with Crippen LogP contribution in [-0.4, -0.2) is 40.1 Å². The molecule has 1 amide bonds. The van der Waals surface area contributed by atoms with Crippen molar-refractivity contribution in [3.8, 4) is 11.5 Å². The quantitative estimate of drug-likeness (QED) is 0.427. The molecule has 0 radical (unpaired) electrons. The highest BCUT2D eigenvalue weighted by molar-refractivity contribution is 7.92. The number of ether oxygens (including phenoxy) is 2. The number of amides is 1. The molecule has 0 fully saturated rings. The standard InChI is InChI=1S/C30H36N2O5S/c1-20-7-11-24(12-8-20)38(34,35)32-19-28(37-27-14-10-23(18-25(27)32)30(4,5)6)29(33)31-15-16-36-26-13-9-21(2)17-22(26)3/h7-14,17-18,28H,15-16,19H2,1-6H3,(H,31,33). The summed E-state index contributed by atoms with van der Waals surface area (Å²) in [5.41, 5.74) is 4.34. The van der Waals surface area contributed by atoms with Gasteiger partial charge >= 0.3 is 0 Å². The molecule has 4 rings (SSSR count). The van der Waals surface area contributed by atoms with E-state index in [4.69, 9.17) is 9.47 Å². The highest BCUT2D eigenvalue weighted by atomic mass is 32.2. The Morgan fingerprint density at radius 3 is 2.34 bits per heavy atom. The van der Waals surface area contributed by atoms with Gasteiger partial charge < -0.3 is 14.8 Å². The maximum absolute atomic E-state index is 13.8. The molecular formula is C30H36N2O5S. The molecule has 1 atom stereocenters. The SMILES string of the molecule is Cc1ccc(S(=O)(=O)N2CC(C(=O)NCCOc3ccc(C)cc3C)Oc3ccc(C(C)(C)C)cc32)cc1. The van der Waals surface area contributed by atoms with E-state index in [0.717, 1.165) is 28.0 Å². The van der Waals surface area contributed by atoms with Crippen molar-refractivity contribution in [2.45, 2.75) is 58.0 Å². The minimum Gasteiger partial charge on any atom is -0.491 e. The third kappa shape index (κ3) is 5.96. The lowest BCUT2D eigenvalue weighted by Gasteiger charge is -2.36. The lowest BCUT2D eigenvalue weighted by molar-refractivity contribution is -0.127. The fourth-order valence-corrected chi connectivity index (χ4v) is 5.80. The zero-order chi connectivity index (χ0) is 27.7. The Balaban J connectivity index is 1.55. The number of anilines is 1. The van der Waals surface area contributed by atoms with Crippen LogP contribution in [0.3, 0.4) is 0 Å². The van der Waals surface area contributed by atoms with Gasteiger partial charge in [0, 0.05) is 0 Å². The zero-order valence-electron chi connectivity index (χ0n) is 22.9. The number of nitrogens with one attached hydrogen (secondary N) is 1. The van der Waals surface area contributed by atoms with E-state index in [-0.39, 0.29) is 30.0 Å². The summed E-state index contributed by atoms with van der Waals surface area (Å²) in [5.74, 6) is 0.716. The average molecular weight is 537 g/mol. The Hall–Kier alpha value is -3.52. The first-order chi connectivity index (χ1) is 17.9. The van der Waals surface area contributed by atoms with Crippen LogP contribution in [0.5, 0.6) is 11.5 Å². The minimum atomic E-state index is -3.94. The summed E-state index contributed by atoms with van der Waals surface area (Å²) in [6.07, 6.45) is -1.01. The van der Waals surface area contributed by atoms with Gasteiger partial charge in [-0.05, 0) is 67.6 Å². The summed E-state index contributed by atoms with van der Waals surface area (Å²) in [6.45, 7) is 12.5. The van der Waals surface area contributed by atoms with Crippen molar-refractivity contribution < 1.29 is 22.7 Å². The van der Waals surface area contributed by atoms with Gasteiger partial charge in [0.25, 0.3) is 15.9 Å². The first-order valence-corrected chi connectivity index (χ1v) is 14.2. The van der Waals surface area contributed by atoms with Gasteiger partial charge in [-0.3, -0.25) is 9.10 Å². The van der Waals surface area contributed by atoms with Crippen LogP contribution < -0.4 is 19.1 Å². The van der Waals surface area contributed by atoms with Gasteiger partial charge in [0.15, 0.2) is 6.10 Å². The second-order valence-electron chi connectivity index (χ2n) is 10.8. The van der Waals surface area contributed by atoms with Crippen molar-refractivity contribution in [1.82, 2.24) is 5.32 Å². The highest BCUT2D eigenvalue weighted by Crippen LogP contribution is 2.40. The van der Waals surface area contributed by atoms with Crippen LogP contribution in [0.1, 0.15) is 43.0 Å². The van der Waals surface area contributed by atoms with Gasteiger partial charge in [-0.2, -0.15) is 0 Å². The van der Waals surface area contributed by atoms with Crippen molar-refractivity contribution in [2.24, 2.45) is 0 Å². The van der Waals surface area contributed by atoms with Gasteiger partial charge in [-0.1, -0.05) is 62.2 Å². The third-order valence-electron chi connectivity index (χ3n) is 6.59. The first kappa shape index (κ1) is 27.5. The summed E-state index contributed by atoms with van der Waals surface area (Å²) in [5, 5.41) is 2.83. The van der Waals surface area contributed by atoms with E-state index in [2.05, 4.69) is 26.1 Å². The molecular weight excluding hydrogens is 500 g/mol. The van der Waals surface area contributed by atoms with Gasteiger partial charge in [-0.25, -0.2) is 8.42 Å². The molecule has 3 aromatic carbocycles. The molecule has 0 aliphatic carbocycles. The number of rotatable bonds is 7. The average Bonchev–Trinajstić information content (AvgIpc) is 2.86. The predicted octanol–water partition coefficient (Wildman–Crippen LogP) is 5.06. The van der Waals surface area contributed by atoms with E-state index in [9.17, 15) is 13.2 Å². The molecule has 0 saturated carbocycles. The van der Waals surface area contributed by atoms with Gasteiger partial charge in [-0.15, -0.1) is 0 Å². The summed E-state index contributed by atoms with van der Waals surface area (Å²) in [7, 11) is -3.94. The Bertz CT molecular complexity index is 1430.